The normalized spacial score (nSPS) is 30.5. The van der Waals surface area contributed by atoms with Crippen molar-refractivity contribution in [3.8, 4) is 0 Å². The molecule has 0 aromatic rings. The highest BCUT2D eigenvalue weighted by Crippen LogP contribution is 2.34. The Morgan fingerprint density at radius 3 is 2.50 bits per heavy atom. The number of piperidine rings is 1. The van der Waals surface area contributed by atoms with Crippen molar-refractivity contribution in [2.45, 2.75) is 43.4 Å². The maximum Gasteiger partial charge on any atom is 0.217 e. The SMILES string of the molecule is O=S(=O)(C1CC1)N1CCCCC1CO. The predicted octanol–water partition coefficient (Wildman–Crippen LogP) is 0.325. The molecule has 1 heterocycles. The average Bonchev–Trinajstić information content (AvgIpc) is 3.01. The van der Waals surface area contributed by atoms with Crippen molar-refractivity contribution in [2.75, 3.05) is 13.2 Å². The number of hydrogen-bond acceptors (Lipinski definition) is 3. The zero-order valence-corrected chi connectivity index (χ0v) is 9.04. The third-order valence-electron chi connectivity index (χ3n) is 3.06. The van der Waals surface area contributed by atoms with Crippen molar-refractivity contribution in [1.82, 2.24) is 4.31 Å². The molecule has 0 aromatic carbocycles. The topological polar surface area (TPSA) is 57.6 Å². The van der Waals surface area contributed by atoms with E-state index in [1.165, 1.54) is 4.31 Å². The molecular formula is C9H17NO3S. The first-order chi connectivity index (χ1) is 6.66. The number of aliphatic hydroxyl groups excluding tert-OH is 1. The summed E-state index contributed by atoms with van der Waals surface area (Å²) in [5.74, 6) is 0. The van der Waals surface area contributed by atoms with E-state index in [9.17, 15) is 8.42 Å². The first kappa shape index (κ1) is 10.4. The Kier molecular flexibility index (Phi) is 2.81. The Morgan fingerprint density at radius 1 is 1.21 bits per heavy atom. The van der Waals surface area contributed by atoms with Crippen LogP contribution in [-0.4, -0.2) is 42.3 Å². The summed E-state index contributed by atoms with van der Waals surface area (Å²) in [6.45, 7) is 0.565. The van der Waals surface area contributed by atoms with E-state index in [-0.39, 0.29) is 17.9 Å². The van der Waals surface area contributed by atoms with Crippen LogP contribution in [0.3, 0.4) is 0 Å². The van der Waals surface area contributed by atoms with Gasteiger partial charge in [0.1, 0.15) is 0 Å². The van der Waals surface area contributed by atoms with Gasteiger partial charge in [-0.1, -0.05) is 6.42 Å². The molecule has 0 aromatic heterocycles. The molecule has 1 N–H and O–H groups in total. The van der Waals surface area contributed by atoms with E-state index in [0.717, 1.165) is 32.1 Å². The Bertz CT molecular complexity index is 297. The fourth-order valence-corrected chi connectivity index (χ4v) is 4.13. The highest BCUT2D eigenvalue weighted by molar-refractivity contribution is 7.90. The second-order valence-electron chi connectivity index (χ2n) is 4.19. The zero-order chi connectivity index (χ0) is 10.2. The molecule has 1 aliphatic heterocycles. The Balaban J connectivity index is 2.13. The minimum Gasteiger partial charge on any atom is -0.395 e. The van der Waals surface area contributed by atoms with Gasteiger partial charge in [-0.25, -0.2) is 8.42 Å². The van der Waals surface area contributed by atoms with Gasteiger partial charge in [-0.15, -0.1) is 0 Å². The molecule has 4 nitrogen and oxygen atoms in total. The maximum absolute atomic E-state index is 11.9. The molecule has 2 aliphatic rings. The van der Waals surface area contributed by atoms with E-state index in [1.807, 2.05) is 0 Å². The molecular weight excluding hydrogens is 202 g/mol. The van der Waals surface area contributed by atoms with Crippen LogP contribution in [0.5, 0.6) is 0 Å². The average molecular weight is 219 g/mol. The van der Waals surface area contributed by atoms with Crippen LogP contribution in [0, 0.1) is 0 Å². The lowest BCUT2D eigenvalue weighted by molar-refractivity contribution is 0.155. The second-order valence-corrected chi connectivity index (χ2v) is 6.35. The van der Waals surface area contributed by atoms with Gasteiger partial charge < -0.3 is 5.11 Å². The first-order valence-electron chi connectivity index (χ1n) is 5.28. The largest absolute Gasteiger partial charge is 0.395 e. The third kappa shape index (κ3) is 1.81. The van der Waals surface area contributed by atoms with Gasteiger partial charge in [-0.3, -0.25) is 0 Å². The molecule has 1 atom stereocenters. The Hall–Kier alpha value is -0.130. The van der Waals surface area contributed by atoms with E-state index >= 15 is 0 Å². The minimum absolute atomic E-state index is 0.0358. The van der Waals surface area contributed by atoms with E-state index in [0.29, 0.717) is 6.54 Å². The van der Waals surface area contributed by atoms with Crippen LogP contribution >= 0.6 is 0 Å². The van der Waals surface area contributed by atoms with E-state index in [4.69, 9.17) is 5.11 Å². The van der Waals surface area contributed by atoms with Crippen molar-refractivity contribution in [3.63, 3.8) is 0 Å². The smallest absolute Gasteiger partial charge is 0.217 e. The van der Waals surface area contributed by atoms with Crippen LogP contribution in [0.15, 0.2) is 0 Å². The van der Waals surface area contributed by atoms with Gasteiger partial charge in [-0.2, -0.15) is 4.31 Å². The maximum atomic E-state index is 11.9. The van der Waals surface area contributed by atoms with Gasteiger partial charge >= 0.3 is 0 Å². The quantitative estimate of drug-likeness (QED) is 0.744. The molecule has 0 amide bonds. The standard InChI is InChI=1S/C9H17NO3S/c11-7-8-3-1-2-6-10(8)14(12,13)9-4-5-9/h8-9,11H,1-7H2. The number of aliphatic hydroxyl groups is 1. The van der Waals surface area contributed by atoms with Crippen molar-refractivity contribution in [2.24, 2.45) is 0 Å². The number of sulfonamides is 1. The second kappa shape index (κ2) is 3.79. The lowest BCUT2D eigenvalue weighted by atomic mass is 10.1. The summed E-state index contributed by atoms with van der Waals surface area (Å²) >= 11 is 0. The summed E-state index contributed by atoms with van der Waals surface area (Å²) in [5, 5.41) is 8.98. The van der Waals surface area contributed by atoms with Gasteiger partial charge in [0.25, 0.3) is 0 Å². The van der Waals surface area contributed by atoms with Gasteiger partial charge in [0.15, 0.2) is 0 Å². The number of rotatable bonds is 3. The molecule has 14 heavy (non-hydrogen) atoms. The van der Waals surface area contributed by atoms with Crippen LogP contribution in [0.25, 0.3) is 0 Å². The number of nitrogens with zero attached hydrogens (tertiary/aromatic N) is 1. The van der Waals surface area contributed by atoms with E-state index < -0.39 is 10.0 Å². The van der Waals surface area contributed by atoms with Gasteiger partial charge in [0.2, 0.25) is 10.0 Å². The van der Waals surface area contributed by atoms with Gasteiger partial charge in [-0.05, 0) is 25.7 Å². The minimum atomic E-state index is -3.08. The van der Waals surface area contributed by atoms with E-state index in [2.05, 4.69) is 0 Å². The Morgan fingerprint density at radius 2 is 1.93 bits per heavy atom. The molecule has 0 bridgehead atoms. The van der Waals surface area contributed by atoms with Gasteiger partial charge in [0, 0.05) is 12.6 Å². The van der Waals surface area contributed by atoms with Crippen molar-refractivity contribution in [3.05, 3.63) is 0 Å². The van der Waals surface area contributed by atoms with Crippen molar-refractivity contribution in [1.29, 1.82) is 0 Å². The van der Waals surface area contributed by atoms with Crippen molar-refractivity contribution >= 4 is 10.0 Å². The monoisotopic (exact) mass is 219 g/mol. The Labute approximate surface area is 85.0 Å². The lowest BCUT2D eigenvalue weighted by Gasteiger charge is -2.33. The fourth-order valence-electron chi connectivity index (χ4n) is 2.05. The lowest BCUT2D eigenvalue weighted by Crippen LogP contribution is -2.46. The molecule has 2 rings (SSSR count). The van der Waals surface area contributed by atoms with Crippen LogP contribution in [0.4, 0.5) is 0 Å². The highest BCUT2D eigenvalue weighted by Gasteiger charge is 2.43. The van der Waals surface area contributed by atoms with Crippen molar-refractivity contribution < 1.29 is 13.5 Å². The molecule has 0 radical (unpaired) electrons. The summed E-state index contributed by atoms with van der Waals surface area (Å²) in [7, 11) is -3.08. The molecule has 5 heteroatoms. The molecule has 82 valence electrons. The highest BCUT2D eigenvalue weighted by atomic mass is 32.2. The zero-order valence-electron chi connectivity index (χ0n) is 8.22. The van der Waals surface area contributed by atoms with Gasteiger partial charge in [0.05, 0.1) is 11.9 Å². The summed E-state index contributed by atoms with van der Waals surface area (Å²) in [4.78, 5) is 0. The summed E-state index contributed by atoms with van der Waals surface area (Å²) in [6.07, 6.45) is 4.38. The number of hydrogen-bond donors (Lipinski definition) is 1. The summed E-state index contributed by atoms with van der Waals surface area (Å²) in [5.41, 5.74) is 0. The van der Waals surface area contributed by atoms with Crippen LogP contribution < -0.4 is 0 Å². The molecule has 0 spiro atoms. The molecule has 1 saturated carbocycles. The summed E-state index contributed by atoms with van der Waals surface area (Å²) < 4.78 is 25.4. The molecule has 1 aliphatic carbocycles. The fraction of sp³-hybridized carbons (Fsp3) is 1.00. The molecule has 1 unspecified atom stereocenters. The van der Waals surface area contributed by atoms with Crippen LogP contribution in [0.1, 0.15) is 32.1 Å². The van der Waals surface area contributed by atoms with Crippen LogP contribution in [-0.2, 0) is 10.0 Å². The van der Waals surface area contributed by atoms with Crippen LogP contribution in [0.2, 0.25) is 0 Å². The first-order valence-corrected chi connectivity index (χ1v) is 6.78. The molecule has 1 saturated heterocycles. The van der Waals surface area contributed by atoms with E-state index in [1.54, 1.807) is 0 Å². The predicted molar refractivity (Wildman–Crippen MR) is 53.4 cm³/mol. The summed E-state index contributed by atoms with van der Waals surface area (Å²) in [6, 6.07) is -0.158. The third-order valence-corrected chi connectivity index (χ3v) is 5.50. The molecule has 2 fully saturated rings.